The van der Waals surface area contributed by atoms with Crippen molar-refractivity contribution >= 4 is 56.4 Å². The van der Waals surface area contributed by atoms with E-state index in [0.717, 1.165) is 9.04 Å². The number of anilines is 2. The van der Waals surface area contributed by atoms with E-state index in [9.17, 15) is 9.65 Å². The second-order valence-electron chi connectivity index (χ2n) is 4.26. The molecule has 0 bridgehead atoms. The number of thioether (sulfide) groups is 1. The van der Waals surface area contributed by atoms with Crippen molar-refractivity contribution in [1.82, 2.24) is 9.97 Å². The Bertz CT molecular complexity index is 904. The zero-order chi connectivity index (χ0) is 15.7. The lowest BCUT2D eigenvalue weighted by Crippen LogP contribution is -1.96. The number of nitrogens with zero attached hydrogens (tertiary/aromatic N) is 3. The van der Waals surface area contributed by atoms with Crippen LogP contribution < -0.4 is 5.32 Å². The summed E-state index contributed by atoms with van der Waals surface area (Å²) in [6, 6.07) is 8.13. The number of fused-ring (bicyclic) bond motifs is 1. The molecular weight excluding hydrogens is 343 g/mol. The van der Waals surface area contributed by atoms with Crippen LogP contribution in [0, 0.1) is 17.1 Å². The van der Waals surface area contributed by atoms with E-state index in [1.807, 2.05) is 18.4 Å². The van der Waals surface area contributed by atoms with Gasteiger partial charge in [-0.25, -0.2) is 14.4 Å². The summed E-state index contributed by atoms with van der Waals surface area (Å²) in [6.45, 7) is 0. The van der Waals surface area contributed by atoms with Crippen LogP contribution in [0.5, 0.6) is 0 Å². The number of rotatable bonds is 3. The number of aromatic nitrogens is 2. The molecule has 3 aromatic rings. The van der Waals surface area contributed by atoms with Crippen LogP contribution >= 0.6 is 34.7 Å². The van der Waals surface area contributed by atoms with Crippen LogP contribution in [0.2, 0.25) is 5.02 Å². The number of halogens is 2. The van der Waals surface area contributed by atoms with E-state index in [4.69, 9.17) is 11.6 Å². The van der Waals surface area contributed by atoms with Crippen molar-refractivity contribution in [2.45, 2.75) is 4.34 Å². The molecule has 0 fully saturated rings. The first-order chi connectivity index (χ1) is 10.6. The third-order valence-corrected chi connectivity index (χ3v) is 5.11. The fourth-order valence-corrected chi connectivity index (χ4v) is 3.48. The van der Waals surface area contributed by atoms with Gasteiger partial charge in [0.1, 0.15) is 11.9 Å². The Balaban J connectivity index is 2.04. The molecule has 3 rings (SSSR count). The monoisotopic (exact) mass is 350 g/mol. The molecule has 0 amide bonds. The highest BCUT2D eigenvalue weighted by Gasteiger charge is 2.12. The van der Waals surface area contributed by atoms with Gasteiger partial charge in [-0.1, -0.05) is 23.4 Å². The molecule has 110 valence electrons. The highest BCUT2D eigenvalue weighted by Crippen LogP contribution is 2.31. The predicted octanol–water partition coefficient (Wildman–Crippen LogP) is 4.82. The molecule has 0 radical (unpaired) electrons. The standard InChI is InChI=1S/C14H8ClFN4S2/c1-21-14-20-13-12(22-14)5-10(11(6-17)19-13)18-7-2-3-9(16)8(15)4-7/h2-5,18H,1H3. The number of hydrogen-bond acceptors (Lipinski definition) is 6. The first-order valence-electron chi connectivity index (χ1n) is 6.08. The van der Waals surface area contributed by atoms with E-state index in [-0.39, 0.29) is 10.7 Å². The van der Waals surface area contributed by atoms with Crippen molar-refractivity contribution in [3.05, 3.63) is 40.8 Å². The van der Waals surface area contributed by atoms with Gasteiger partial charge < -0.3 is 5.32 Å². The zero-order valence-corrected chi connectivity index (χ0v) is 13.6. The molecule has 8 heteroatoms. The van der Waals surface area contributed by atoms with Gasteiger partial charge in [0.25, 0.3) is 0 Å². The molecule has 0 saturated carbocycles. The summed E-state index contributed by atoms with van der Waals surface area (Å²) in [7, 11) is 0. The number of thiazole rings is 1. The van der Waals surface area contributed by atoms with Gasteiger partial charge in [0.05, 0.1) is 15.4 Å². The molecule has 2 aromatic heterocycles. The van der Waals surface area contributed by atoms with Crippen molar-refractivity contribution < 1.29 is 4.39 Å². The maximum absolute atomic E-state index is 13.2. The first kappa shape index (κ1) is 15.0. The van der Waals surface area contributed by atoms with E-state index in [1.165, 1.54) is 35.2 Å². The van der Waals surface area contributed by atoms with Crippen LogP contribution in [0.1, 0.15) is 5.69 Å². The maximum atomic E-state index is 13.2. The molecule has 2 heterocycles. The summed E-state index contributed by atoms with van der Waals surface area (Å²) in [4.78, 5) is 8.59. The number of nitrogens with one attached hydrogen (secondary N) is 1. The van der Waals surface area contributed by atoms with Crippen LogP contribution in [-0.2, 0) is 0 Å². The van der Waals surface area contributed by atoms with Gasteiger partial charge in [0.2, 0.25) is 0 Å². The van der Waals surface area contributed by atoms with Gasteiger partial charge in [-0.05, 0) is 30.5 Å². The molecule has 1 N–H and O–H groups in total. The second kappa shape index (κ2) is 6.08. The highest BCUT2D eigenvalue weighted by atomic mass is 35.5. The summed E-state index contributed by atoms with van der Waals surface area (Å²) in [5.74, 6) is -0.492. The van der Waals surface area contributed by atoms with E-state index in [2.05, 4.69) is 15.3 Å². The lowest BCUT2D eigenvalue weighted by molar-refractivity contribution is 0.628. The molecule has 22 heavy (non-hydrogen) atoms. The molecular formula is C14H8ClFN4S2. The molecule has 1 aromatic carbocycles. The van der Waals surface area contributed by atoms with Crippen molar-refractivity contribution in [3.63, 3.8) is 0 Å². The minimum absolute atomic E-state index is 0.0139. The van der Waals surface area contributed by atoms with Crippen molar-refractivity contribution in [2.75, 3.05) is 11.6 Å². The van der Waals surface area contributed by atoms with E-state index in [1.54, 1.807) is 6.07 Å². The topological polar surface area (TPSA) is 61.6 Å². The lowest BCUT2D eigenvalue weighted by atomic mass is 10.2. The van der Waals surface area contributed by atoms with Gasteiger partial charge in [-0.2, -0.15) is 5.26 Å². The van der Waals surface area contributed by atoms with Gasteiger partial charge in [-0.15, -0.1) is 11.3 Å². The van der Waals surface area contributed by atoms with Crippen molar-refractivity contribution in [1.29, 1.82) is 5.26 Å². The maximum Gasteiger partial charge on any atom is 0.173 e. The average molecular weight is 351 g/mol. The zero-order valence-electron chi connectivity index (χ0n) is 11.2. The average Bonchev–Trinajstić information content (AvgIpc) is 2.92. The summed E-state index contributed by atoms with van der Waals surface area (Å²) in [5, 5.41) is 12.3. The number of nitriles is 1. The van der Waals surface area contributed by atoms with Gasteiger partial charge in [-0.3, -0.25) is 0 Å². The van der Waals surface area contributed by atoms with Gasteiger partial charge in [0.15, 0.2) is 15.7 Å². The molecule has 0 saturated heterocycles. The van der Waals surface area contributed by atoms with Crippen LogP contribution in [0.3, 0.4) is 0 Å². The Morgan fingerprint density at radius 3 is 2.86 bits per heavy atom. The largest absolute Gasteiger partial charge is 0.353 e. The normalized spacial score (nSPS) is 10.6. The molecule has 0 aliphatic heterocycles. The molecule has 0 spiro atoms. The molecule has 0 unspecified atom stereocenters. The highest BCUT2D eigenvalue weighted by molar-refractivity contribution is 8.00. The fraction of sp³-hybridized carbons (Fsp3) is 0.0714. The Morgan fingerprint density at radius 2 is 2.18 bits per heavy atom. The third-order valence-electron chi connectivity index (χ3n) is 2.84. The van der Waals surface area contributed by atoms with E-state index in [0.29, 0.717) is 17.0 Å². The van der Waals surface area contributed by atoms with Crippen molar-refractivity contribution in [3.8, 4) is 6.07 Å². The molecule has 4 nitrogen and oxygen atoms in total. The van der Waals surface area contributed by atoms with Crippen LogP contribution in [0.4, 0.5) is 15.8 Å². The van der Waals surface area contributed by atoms with Gasteiger partial charge >= 0.3 is 0 Å². The molecule has 0 atom stereocenters. The SMILES string of the molecule is CSc1nc2nc(C#N)c(Nc3ccc(F)c(Cl)c3)cc2s1. The Kier molecular flexibility index (Phi) is 4.16. The third kappa shape index (κ3) is 2.86. The first-order valence-corrected chi connectivity index (χ1v) is 8.50. The summed E-state index contributed by atoms with van der Waals surface area (Å²) < 4.78 is 15.0. The number of pyridine rings is 1. The predicted molar refractivity (Wildman–Crippen MR) is 88.6 cm³/mol. The lowest BCUT2D eigenvalue weighted by Gasteiger charge is -2.08. The Morgan fingerprint density at radius 1 is 1.36 bits per heavy atom. The van der Waals surface area contributed by atoms with E-state index < -0.39 is 5.82 Å². The second-order valence-corrected chi connectivity index (χ2v) is 6.75. The number of hydrogen-bond donors (Lipinski definition) is 1. The minimum Gasteiger partial charge on any atom is -0.353 e. The fourth-order valence-electron chi connectivity index (χ4n) is 1.84. The van der Waals surface area contributed by atoms with Crippen LogP contribution in [0.15, 0.2) is 28.6 Å². The summed E-state index contributed by atoms with van der Waals surface area (Å²) >= 11 is 8.79. The Labute approximate surface area is 139 Å². The minimum atomic E-state index is -0.492. The molecule has 0 aliphatic carbocycles. The Hall–Kier alpha value is -1.88. The van der Waals surface area contributed by atoms with Crippen molar-refractivity contribution in [2.24, 2.45) is 0 Å². The quantitative estimate of drug-likeness (QED) is 0.686. The molecule has 0 aliphatic rings. The van der Waals surface area contributed by atoms with Crippen LogP contribution in [0.25, 0.3) is 10.3 Å². The van der Waals surface area contributed by atoms with Crippen LogP contribution in [-0.4, -0.2) is 16.2 Å². The van der Waals surface area contributed by atoms with E-state index >= 15 is 0 Å². The summed E-state index contributed by atoms with van der Waals surface area (Å²) in [5.41, 5.74) is 1.90. The number of benzene rings is 1. The smallest absolute Gasteiger partial charge is 0.173 e. The van der Waals surface area contributed by atoms with Gasteiger partial charge in [0, 0.05) is 5.69 Å². The summed E-state index contributed by atoms with van der Waals surface area (Å²) in [6.07, 6.45) is 1.93.